The van der Waals surface area contributed by atoms with Gasteiger partial charge in [0.15, 0.2) is 0 Å². The monoisotopic (exact) mass is 404 g/mol. The molecule has 0 bridgehead atoms. The molecule has 1 aliphatic rings. The van der Waals surface area contributed by atoms with Gasteiger partial charge in [0.05, 0.1) is 6.61 Å². The van der Waals surface area contributed by atoms with E-state index in [-0.39, 0.29) is 0 Å². The number of benzene rings is 1. The highest BCUT2D eigenvalue weighted by atomic mass is 16.5. The van der Waals surface area contributed by atoms with Crippen molar-refractivity contribution < 1.29 is 4.74 Å². The lowest BCUT2D eigenvalue weighted by molar-refractivity contribution is 0.294. The molecule has 30 heavy (non-hydrogen) atoms. The zero-order valence-corrected chi connectivity index (χ0v) is 19.2. The van der Waals surface area contributed by atoms with Crippen LogP contribution in [-0.4, -0.2) is 6.61 Å². The van der Waals surface area contributed by atoms with Crippen molar-refractivity contribution in [1.82, 2.24) is 0 Å². The zero-order chi connectivity index (χ0) is 21.3. The Morgan fingerprint density at radius 1 is 0.833 bits per heavy atom. The van der Waals surface area contributed by atoms with Crippen molar-refractivity contribution in [1.29, 1.82) is 0 Å². The summed E-state index contributed by atoms with van der Waals surface area (Å²) in [5.74, 6) is 15.3. The minimum absolute atomic E-state index is 0.583. The summed E-state index contributed by atoms with van der Waals surface area (Å²) in [6, 6.07) is 8.00. The van der Waals surface area contributed by atoms with E-state index < -0.39 is 0 Å². The molecule has 0 radical (unpaired) electrons. The third kappa shape index (κ3) is 10.6. The highest BCUT2D eigenvalue weighted by Crippen LogP contribution is 2.31. The Labute approximate surface area is 185 Å². The molecule has 1 saturated carbocycles. The first-order valence-electron chi connectivity index (χ1n) is 12.2. The van der Waals surface area contributed by atoms with Crippen LogP contribution in [-0.2, 0) is 0 Å². The molecule has 0 amide bonds. The lowest BCUT2D eigenvalue weighted by Gasteiger charge is -2.25. The van der Waals surface area contributed by atoms with Crippen LogP contribution < -0.4 is 4.74 Å². The maximum absolute atomic E-state index is 5.68. The van der Waals surface area contributed by atoms with Crippen LogP contribution in [0.25, 0.3) is 0 Å². The van der Waals surface area contributed by atoms with Crippen LogP contribution >= 0.6 is 0 Å². The molecule has 1 nitrogen and oxygen atoms in total. The first-order valence-corrected chi connectivity index (χ1v) is 12.2. The first-order chi connectivity index (χ1) is 14.8. The summed E-state index contributed by atoms with van der Waals surface area (Å²) in [7, 11) is 0. The lowest BCUT2D eigenvalue weighted by Crippen LogP contribution is -2.13. The number of rotatable bonds is 10. The quantitative estimate of drug-likeness (QED) is 0.284. The topological polar surface area (TPSA) is 9.23 Å². The van der Waals surface area contributed by atoms with Crippen LogP contribution in [0.4, 0.5) is 0 Å². The van der Waals surface area contributed by atoms with Crippen molar-refractivity contribution >= 4 is 0 Å². The molecule has 1 fully saturated rings. The fourth-order valence-corrected chi connectivity index (χ4v) is 3.98. The molecule has 1 aromatic rings. The van der Waals surface area contributed by atoms with E-state index >= 15 is 0 Å². The van der Waals surface area contributed by atoms with Crippen molar-refractivity contribution in [2.24, 2.45) is 11.8 Å². The van der Waals surface area contributed by atoms with E-state index in [2.05, 4.69) is 37.5 Å². The molecule has 0 atom stereocenters. The van der Waals surface area contributed by atoms with Gasteiger partial charge in [-0.05, 0) is 74.4 Å². The molecule has 1 heteroatoms. The maximum Gasteiger partial charge on any atom is 0.119 e. The molecule has 0 heterocycles. The summed E-state index contributed by atoms with van der Waals surface area (Å²) in [4.78, 5) is 0. The fraction of sp³-hybridized carbons (Fsp3) is 0.586. The van der Waals surface area contributed by atoms with E-state index in [4.69, 9.17) is 4.74 Å². The van der Waals surface area contributed by atoms with Crippen LogP contribution in [0.5, 0.6) is 5.75 Å². The third-order valence-electron chi connectivity index (χ3n) is 5.94. The Bertz CT molecular complexity index is 712. The number of hydrogen-bond donors (Lipinski definition) is 0. The van der Waals surface area contributed by atoms with Gasteiger partial charge in [0.2, 0.25) is 0 Å². The Hall–Kier alpha value is -2.12. The van der Waals surface area contributed by atoms with E-state index in [0.717, 1.165) is 36.7 Å². The summed E-state index contributed by atoms with van der Waals surface area (Å²) >= 11 is 0. The largest absolute Gasteiger partial charge is 0.494 e. The van der Waals surface area contributed by atoms with E-state index in [9.17, 15) is 0 Å². The smallest absolute Gasteiger partial charge is 0.119 e. The van der Waals surface area contributed by atoms with E-state index in [1.54, 1.807) is 0 Å². The van der Waals surface area contributed by atoms with Gasteiger partial charge in [-0.25, -0.2) is 0 Å². The summed E-state index contributed by atoms with van der Waals surface area (Å²) < 4.78 is 5.68. The second-order valence-corrected chi connectivity index (χ2v) is 8.54. The average molecular weight is 405 g/mol. The van der Waals surface area contributed by atoms with E-state index in [1.807, 2.05) is 36.4 Å². The van der Waals surface area contributed by atoms with Gasteiger partial charge in [-0.3, -0.25) is 0 Å². The second-order valence-electron chi connectivity index (χ2n) is 8.54. The minimum Gasteiger partial charge on any atom is -0.494 e. The molecular weight excluding hydrogens is 364 g/mol. The number of hydrogen-bond acceptors (Lipinski definition) is 1. The zero-order valence-electron chi connectivity index (χ0n) is 19.2. The van der Waals surface area contributed by atoms with Crippen LogP contribution in [0.3, 0.4) is 0 Å². The van der Waals surface area contributed by atoms with Crippen molar-refractivity contribution in [2.45, 2.75) is 90.9 Å². The van der Waals surface area contributed by atoms with Gasteiger partial charge in [-0.15, -0.1) is 0 Å². The molecule has 2 rings (SSSR count). The summed E-state index contributed by atoms with van der Waals surface area (Å²) in [5, 5.41) is 0. The molecule has 0 spiro atoms. The van der Waals surface area contributed by atoms with Crippen molar-refractivity contribution in [2.75, 3.05) is 6.61 Å². The first kappa shape index (κ1) is 24.2. The normalized spacial score (nSPS) is 18.3. The van der Waals surface area contributed by atoms with Gasteiger partial charge >= 0.3 is 0 Å². The SMILES string of the molecule is CCCCCCCC1CCC(C#CC=CC#Cc2ccc(OCCCC)cc2)CC1. The molecule has 0 N–H and O–H groups in total. The van der Waals surface area contributed by atoms with Crippen LogP contribution in [0.15, 0.2) is 36.4 Å². The second kappa shape index (κ2) is 15.7. The van der Waals surface area contributed by atoms with Crippen molar-refractivity contribution in [3.8, 4) is 29.4 Å². The number of allylic oxidation sites excluding steroid dienone is 2. The van der Waals surface area contributed by atoms with Gasteiger partial charge in [0.25, 0.3) is 0 Å². The highest BCUT2D eigenvalue weighted by Gasteiger charge is 2.19. The summed E-state index contributed by atoms with van der Waals surface area (Å²) in [6.07, 6.45) is 19.8. The maximum atomic E-state index is 5.68. The predicted molar refractivity (Wildman–Crippen MR) is 129 cm³/mol. The number of unbranched alkanes of at least 4 members (excludes halogenated alkanes) is 5. The molecule has 0 aromatic heterocycles. The van der Waals surface area contributed by atoms with Gasteiger partial charge in [-0.1, -0.05) is 82.5 Å². The van der Waals surface area contributed by atoms with Gasteiger partial charge in [0, 0.05) is 11.5 Å². The summed E-state index contributed by atoms with van der Waals surface area (Å²) in [5.41, 5.74) is 1.00. The summed E-state index contributed by atoms with van der Waals surface area (Å²) in [6.45, 7) is 5.24. The van der Waals surface area contributed by atoms with Crippen LogP contribution in [0.2, 0.25) is 0 Å². The van der Waals surface area contributed by atoms with Gasteiger partial charge in [0.1, 0.15) is 5.75 Å². The molecule has 0 unspecified atom stereocenters. The molecular formula is C29H40O. The average Bonchev–Trinajstić information content (AvgIpc) is 2.78. The third-order valence-corrected chi connectivity index (χ3v) is 5.94. The Morgan fingerprint density at radius 3 is 2.27 bits per heavy atom. The van der Waals surface area contributed by atoms with Gasteiger partial charge < -0.3 is 4.74 Å². The predicted octanol–water partition coefficient (Wildman–Crippen LogP) is 7.94. The Morgan fingerprint density at radius 2 is 1.53 bits per heavy atom. The highest BCUT2D eigenvalue weighted by molar-refractivity contribution is 5.40. The molecule has 0 aliphatic heterocycles. The minimum atomic E-state index is 0.583. The van der Waals surface area contributed by atoms with Crippen molar-refractivity contribution in [3.05, 3.63) is 42.0 Å². The fourth-order valence-electron chi connectivity index (χ4n) is 3.98. The van der Waals surface area contributed by atoms with E-state index in [0.29, 0.717) is 5.92 Å². The van der Waals surface area contributed by atoms with Crippen LogP contribution in [0, 0.1) is 35.5 Å². The molecule has 1 aliphatic carbocycles. The van der Waals surface area contributed by atoms with Crippen LogP contribution in [0.1, 0.15) is 96.5 Å². The Balaban J connectivity index is 1.63. The van der Waals surface area contributed by atoms with Gasteiger partial charge in [-0.2, -0.15) is 0 Å². The number of ether oxygens (including phenoxy) is 1. The standard InChI is InChI=1S/C29H40O/c1-3-5-7-8-11-14-26-17-19-27(20-18-26)15-12-9-10-13-16-28-21-23-29(24-22-28)30-25-6-4-2/h9-10,21-24,26-27H,3-8,11,14,17-20,25H2,1-2H3. The Kier molecular flexibility index (Phi) is 12.6. The van der Waals surface area contributed by atoms with E-state index in [1.165, 1.54) is 64.2 Å². The molecule has 162 valence electrons. The molecule has 0 saturated heterocycles. The lowest BCUT2D eigenvalue weighted by atomic mass is 9.80. The molecule has 1 aromatic carbocycles. The van der Waals surface area contributed by atoms with Crippen molar-refractivity contribution in [3.63, 3.8) is 0 Å².